The molecule has 0 spiro atoms. The first kappa shape index (κ1) is 19.3. The second-order valence-corrected chi connectivity index (χ2v) is 7.29. The average molecular weight is 370 g/mol. The van der Waals surface area contributed by atoms with Crippen molar-refractivity contribution >= 4 is 11.6 Å². The molecule has 1 atom stereocenters. The van der Waals surface area contributed by atoms with E-state index in [1.807, 2.05) is 6.92 Å². The Bertz CT molecular complexity index is 768. The quantitative estimate of drug-likeness (QED) is 0.538. The van der Waals surface area contributed by atoms with E-state index in [2.05, 4.69) is 45.8 Å². The zero-order chi connectivity index (χ0) is 19.3. The Morgan fingerprint density at radius 1 is 1.33 bits per heavy atom. The number of guanidine groups is 1. The SMILES string of the molecule is CCNC(=NCc1ccc2c(c1)CCCN2C)NCC(C)(O)c1ccco1. The molecule has 0 saturated heterocycles. The van der Waals surface area contributed by atoms with Gasteiger partial charge in [0.05, 0.1) is 19.4 Å². The minimum atomic E-state index is -1.10. The standard InChI is InChI=1S/C21H30N4O2/c1-4-22-20(24-15-21(2,26)19-8-6-12-27-19)23-14-16-9-10-18-17(13-16)7-5-11-25(18)3/h6,8-10,12-13,26H,4-5,7,11,14-15H2,1-3H3,(H2,22,23,24). The van der Waals surface area contributed by atoms with Crippen molar-refractivity contribution in [1.82, 2.24) is 10.6 Å². The Labute approximate surface area is 161 Å². The molecule has 146 valence electrons. The molecule has 0 radical (unpaired) electrons. The summed E-state index contributed by atoms with van der Waals surface area (Å²) >= 11 is 0. The zero-order valence-electron chi connectivity index (χ0n) is 16.5. The van der Waals surface area contributed by atoms with Crippen molar-refractivity contribution in [2.24, 2.45) is 4.99 Å². The third-order valence-electron chi connectivity index (χ3n) is 4.91. The van der Waals surface area contributed by atoms with Gasteiger partial charge in [0.25, 0.3) is 0 Å². The van der Waals surface area contributed by atoms with Crippen LogP contribution in [0.3, 0.4) is 0 Å². The number of aliphatic hydroxyl groups is 1. The normalized spacial score (nSPS) is 16.6. The Balaban J connectivity index is 1.65. The first-order valence-electron chi connectivity index (χ1n) is 9.61. The molecular formula is C21H30N4O2. The van der Waals surface area contributed by atoms with Gasteiger partial charge in [0, 0.05) is 25.8 Å². The summed E-state index contributed by atoms with van der Waals surface area (Å²) in [6.07, 6.45) is 3.89. The summed E-state index contributed by atoms with van der Waals surface area (Å²) in [6.45, 7) is 6.52. The lowest BCUT2D eigenvalue weighted by Crippen LogP contribution is -2.44. The Hall–Kier alpha value is -2.47. The van der Waals surface area contributed by atoms with E-state index >= 15 is 0 Å². The van der Waals surface area contributed by atoms with Gasteiger partial charge in [-0.15, -0.1) is 0 Å². The summed E-state index contributed by atoms with van der Waals surface area (Å²) in [4.78, 5) is 6.99. The van der Waals surface area contributed by atoms with E-state index in [4.69, 9.17) is 4.42 Å². The molecule has 0 saturated carbocycles. The first-order chi connectivity index (χ1) is 13.0. The maximum absolute atomic E-state index is 10.6. The molecule has 2 heterocycles. The fourth-order valence-electron chi connectivity index (χ4n) is 3.38. The van der Waals surface area contributed by atoms with Crippen LogP contribution in [0.2, 0.25) is 0 Å². The predicted molar refractivity (Wildman–Crippen MR) is 109 cm³/mol. The van der Waals surface area contributed by atoms with E-state index in [1.54, 1.807) is 25.3 Å². The smallest absolute Gasteiger partial charge is 0.191 e. The topological polar surface area (TPSA) is 73.0 Å². The van der Waals surface area contributed by atoms with Gasteiger partial charge < -0.3 is 25.1 Å². The third kappa shape index (κ3) is 4.83. The summed E-state index contributed by atoms with van der Waals surface area (Å²) in [5.74, 6) is 1.21. The molecule has 6 nitrogen and oxygen atoms in total. The fourth-order valence-corrected chi connectivity index (χ4v) is 3.38. The van der Waals surface area contributed by atoms with Crippen LogP contribution in [0.25, 0.3) is 0 Å². The van der Waals surface area contributed by atoms with Gasteiger partial charge in [-0.3, -0.25) is 0 Å². The number of aryl methyl sites for hydroxylation is 1. The van der Waals surface area contributed by atoms with Crippen molar-refractivity contribution in [2.45, 2.75) is 38.8 Å². The lowest BCUT2D eigenvalue weighted by atomic mass is 10.00. The van der Waals surface area contributed by atoms with Crippen molar-refractivity contribution in [3.8, 4) is 0 Å². The van der Waals surface area contributed by atoms with Gasteiger partial charge in [-0.1, -0.05) is 12.1 Å². The van der Waals surface area contributed by atoms with E-state index in [9.17, 15) is 5.11 Å². The van der Waals surface area contributed by atoms with Gasteiger partial charge in [-0.05, 0) is 56.0 Å². The number of hydrogen-bond donors (Lipinski definition) is 3. The molecule has 0 amide bonds. The maximum Gasteiger partial charge on any atom is 0.191 e. The monoisotopic (exact) mass is 370 g/mol. The second-order valence-electron chi connectivity index (χ2n) is 7.29. The number of aliphatic imine (C=N–C) groups is 1. The molecule has 2 aromatic rings. The lowest BCUT2D eigenvalue weighted by molar-refractivity contribution is 0.0386. The Morgan fingerprint density at radius 2 is 2.19 bits per heavy atom. The number of fused-ring (bicyclic) bond motifs is 1. The molecule has 1 aliphatic rings. The molecule has 27 heavy (non-hydrogen) atoms. The zero-order valence-corrected chi connectivity index (χ0v) is 16.5. The molecule has 1 aromatic carbocycles. The molecule has 1 aromatic heterocycles. The highest BCUT2D eigenvalue weighted by Crippen LogP contribution is 2.27. The van der Waals surface area contributed by atoms with Crippen LogP contribution >= 0.6 is 0 Å². The fraction of sp³-hybridized carbons (Fsp3) is 0.476. The van der Waals surface area contributed by atoms with Crippen LogP contribution in [0.5, 0.6) is 0 Å². The molecule has 0 fully saturated rings. The Morgan fingerprint density at radius 3 is 2.93 bits per heavy atom. The molecule has 0 bridgehead atoms. The first-order valence-corrected chi connectivity index (χ1v) is 9.61. The number of hydrogen-bond acceptors (Lipinski definition) is 4. The molecule has 3 rings (SSSR count). The van der Waals surface area contributed by atoms with Crippen LogP contribution in [-0.2, 0) is 18.6 Å². The number of furan rings is 1. The van der Waals surface area contributed by atoms with Gasteiger partial charge in [0.2, 0.25) is 0 Å². The van der Waals surface area contributed by atoms with Crippen molar-refractivity contribution in [3.05, 3.63) is 53.5 Å². The summed E-state index contributed by atoms with van der Waals surface area (Å²) in [5, 5.41) is 17.0. The van der Waals surface area contributed by atoms with Crippen molar-refractivity contribution in [3.63, 3.8) is 0 Å². The van der Waals surface area contributed by atoms with E-state index in [-0.39, 0.29) is 0 Å². The summed E-state index contributed by atoms with van der Waals surface area (Å²) in [5.41, 5.74) is 2.82. The number of nitrogens with one attached hydrogen (secondary N) is 2. The number of rotatable bonds is 6. The van der Waals surface area contributed by atoms with Gasteiger partial charge in [0.1, 0.15) is 11.4 Å². The lowest BCUT2D eigenvalue weighted by Gasteiger charge is -2.27. The van der Waals surface area contributed by atoms with Crippen LogP contribution in [0, 0.1) is 0 Å². The van der Waals surface area contributed by atoms with Crippen molar-refractivity contribution < 1.29 is 9.52 Å². The van der Waals surface area contributed by atoms with E-state index in [1.165, 1.54) is 23.2 Å². The van der Waals surface area contributed by atoms with Crippen LogP contribution in [0.15, 0.2) is 46.0 Å². The number of anilines is 1. The van der Waals surface area contributed by atoms with Gasteiger partial charge in [-0.2, -0.15) is 0 Å². The Kier molecular flexibility index (Phi) is 6.06. The van der Waals surface area contributed by atoms with Gasteiger partial charge in [-0.25, -0.2) is 4.99 Å². The number of nitrogens with zero attached hydrogens (tertiary/aromatic N) is 2. The van der Waals surface area contributed by atoms with Crippen LogP contribution < -0.4 is 15.5 Å². The summed E-state index contributed by atoms with van der Waals surface area (Å²) in [7, 11) is 2.15. The average Bonchev–Trinajstić information content (AvgIpc) is 3.20. The minimum absolute atomic E-state index is 0.307. The van der Waals surface area contributed by atoms with Crippen LogP contribution in [-0.4, -0.2) is 37.7 Å². The largest absolute Gasteiger partial charge is 0.466 e. The highest BCUT2D eigenvalue weighted by Gasteiger charge is 2.26. The highest BCUT2D eigenvalue weighted by molar-refractivity contribution is 5.79. The van der Waals surface area contributed by atoms with E-state index in [0.29, 0.717) is 24.8 Å². The molecule has 0 aliphatic carbocycles. The summed E-state index contributed by atoms with van der Waals surface area (Å²) < 4.78 is 5.33. The third-order valence-corrected chi connectivity index (χ3v) is 4.91. The van der Waals surface area contributed by atoms with Crippen molar-refractivity contribution in [1.29, 1.82) is 0 Å². The van der Waals surface area contributed by atoms with E-state index in [0.717, 1.165) is 19.5 Å². The minimum Gasteiger partial charge on any atom is -0.466 e. The maximum atomic E-state index is 10.6. The molecule has 3 N–H and O–H groups in total. The van der Waals surface area contributed by atoms with Crippen molar-refractivity contribution in [2.75, 3.05) is 31.6 Å². The second kappa shape index (κ2) is 8.48. The van der Waals surface area contributed by atoms with Gasteiger partial charge in [0.15, 0.2) is 5.96 Å². The van der Waals surface area contributed by atoms with Crippen LogP contribution in [0.4, 0.5) is 5.69 Å². The molecule has 1 unspecified atom stereocenters. The van der Waals surface area contributed by atoms with Crippen LogP contribution in [0.1, 0.15) is 37.2 Å². The molecule has 6 heteroatoms. The van der Waals surface area contributed by atoms with E-state index < -0.39 is 5.60 Å². The predicted octanol–water partition coefficient (Wildman–Crippen LogP) is 2.62. The number of benzene rings is 1. The molecule has 1 aliphatic heterocycles. The van der Waals surface area contributed by atoms with Gasteiger partial charge >= 0.3 is 0 Å². The summed E-state index contributed by atoms with van der Waals surface area (Å²) in [6, 6.07) is 10.2. The highest BCUT2D eigenvalue weighted by atomic mass is 16.4. The molecular weight excluding hydrogens is 340 g/mol.